The Hall–Kier alpha value is -1.87. The lowest BCUT2D eigenvalue weighted by Crippen LogP contribution is -2.46. The second-order valence-corrected chi connectivity index (χ2v) is 6.77. The van der Waals surface area contributed by atoms with Gasteiger partial charge in [0.1, 0.15) is 5.82 Å². The van der Waals surface area contributed by atoms with Gasteiger partial charge in [-0.25, -0.2) is 4.39 Å². The summed E-state index contributed by atoms with van der Waals surface area (Å²) in [6.07, 6.45) is 0. The quantitative estimate of drug-likeness (QED) is 0.901. The molecule has 2 aromatic rings. The molecule has 0 amide bonds. The van der Waals surface area contributed by atoms with E-state index in [0.29, 0.717) is 6.54 Å². The van der Waals surface area contributed by atoms with Crippen LogP contribution in [0.2, 0.25) is 0 Å². The number of anilines is 1. The monoisotopic (exact) mass is 298 g/mol. The number of rotatable bonds is 2. The van der Waals surface area contributed by atoms with Gasteiger partial charge >= 0.3 is 0 Å². The van der Waals surface area contributed by atoms with Crippen molar-refractivity contribution in [2.24, 2.45) is 0 Å². The summed E-state index contributed by atoms with van der Waals surface area (Å²) in [6.45, 7) is 8.81. The fraction of sp³-hybridized carbons (Fsp3) is 0.368. The van der Waals surface area contributed by atoms with Crippen molar-refractivity contribution in [3.8, 4) is 0 Å². The molecular formula is C19H23FN2. The van der Waals surface area contributed by atoms with Crippen LogP contribution in [0.4, 0.5) is 10.1 Å². The molecule has 3 rings (SSSR count). The zero-order valence-corrected chi connectivity index (χ0v) is 13.5. The Morgan fingerprint density at radius 2 is 1.91 bits per heavy atom. The van der Waals surface area contributed by atoms with Crippen LogP contribution in [0.3, 0.4) is 0 Å². The smallest absolute Gasteiger partial charge is 0.128 e. The molecule has 0 radical (unpaired) electrons. The maximum Gasteiger partial charge on any atom is 0.128 e. The van der Waals surface area contributed by atoms with E-state index < -0.39 is 0 Å². The summed E-state index contributed by atoms with van der Waals surface area (Å²) in [5.41, 5.74) is 4.49. The molecule has 0 atom stereocenters. The minimum absolute atomic E-state index is 0.0171. The van der Waals surface area contributed by atoms with Crippen LogP contribution in [-0.2, 0) is 13.1 Å². The molecule has 0 saturated carbocycles. The minimum Gasteiger partial charge on any atom is -0.365 e. The Morgan fingerprint density at radius 1 is 1.14 bits per heavy atom. The SMILES string of the molecule is Cc1cccc2c1N(Cc1ccccc1F)CC(C)(C)NC2. The van der Waals surface area contributed by atoms with E-state index in [1.165, 1.54) is 22.9 Å². The van der Waals surface area contributed by atoms with E-state index in [2.05, 4.69) is 49.2 Å². The zero-order chi connectivity index (χ0) is 15.7. The molecule has 116 valence electrons. The molecule has 0 spiro atoms. The average molecular weight is 298 g/mol. The van der Waals surface area contributed by atoms with Crippen LogP contribution in [0.5, 0.6) is 0 Å². The van der Waals surface area contributed by atoms with Gasteiger partial charge in [0.15, 0.2) is 0 Å². The molecule has 1 aliphatic rings. The number of benzene rings is 2. The lowest BCUT2D eigenvalue weighted by molar-refractivity contribution is 0.394. The summed E-state index contributed by atoms with van der Waals surface area (Å²) < 4.78 is 14.1. The van der Waals surface area contributed by atoms with Crippen LogP contribution in [-0.4, -0.2) is 12.1 Å². The fourth-order valence-corrected chi connectivity index (χ4v) is 3.23. The number of nitrogens with one attached hydrogen (secondary N) is 1. The van der Waals surface area contributed by atoms with Crippen LogP contribution < -0.4 is 10.2 Å². The van der Waals surface area contributed by atoms with E-state index >= 15 is 0 Å². The van der Waals surface area contributed by atoms with E-state index in [-0.39, 0.29) is 11.4 Å². The van der Waals surface area contributed by atoms with Crippen LogP contribution in [0, 0.1) is 12.7 Å². The standard InChI is InChI=1S/C19H23FN2/c1-14-7-6-9-15-11-21-19(2,3)13-22(18(14)15)12-16-8-4-5-10-17(16)20/h4-10,21H,11-13H2,1-3H3. The molecule has 1 aliphatic heterocycles. The Balaban J connectivity index is 2.02. The van der Waals surface area contributed by atoms with Gasteiger partial charge in [0.2, 0.25) is 0 Å². The number of halogens is 1. The molecule has 0 fully saturated rings. The third-order valence-corrected chi connectivity index (χ3v) is 4.30. The molecule has 1 N–H and O–H groups in total. The average Bonchev–Trinajstić information content (AvgIpc) is 2.59. The minimum atomic E-state index is -0.132. The first-order chi connectivity index (χ1) is 10.5. The van der Waals surface area contributed by atoms with Gasteiger partial charge in [0.05, 0.1) is 0 Å². The van der Waals surface area contributed by atoms with Gasteiger partial charge in [-0.2, -0.15) is 0 Å². The van der Waals surface area contributed by atoms with Gasteiger partial charge in [-0.3, -0.25) is 0 Å². The van der Waals surface area contributed by atoms with Gasteiger partial charge < -0.3 is 10.2 Å². The number of hydrogen-bond donors (Lipinski definition) is 1. The normalized spacial score (nSPS) is 17.0. The van der Waals surface area contributed by atoms with E-state index in [1.54, 1.807) is 6.07 Å². The number of fused-ring (bicyclic) bond motifs is 1. The molecule has 3 heteroatoms. The lowest BCUT2D eigenvalue weighted by Gasteiger charge is -2.33. The van der Waals surface area contributed by atoms with Crippen molar-refractivity contribution in [2.75, 3.05) is 11.4 Å². The highest BCUT2D eigenvalue weighted by atomic mass is 19.1. The second-order valence-electron chi connectivity index (χ2n) is 6.77. The molecule has 0 saturated heterocycles. The Bertz CT molecular complexity index is 679. The van der Waals surface area contributed by atoms with Gasteiger partial charge in [-0.1, -0.05) is 36.4 Å². The molecule has 0 unspecified atom stereocenters. The molecule has 1 heterocycles. The summed E-state index contributed by atoms with van der Waals surface area (Å²) in [6, 6.07) is 13.4. The van der Waals surface area contributed by atoms with Crippen LogP contribution in [0.1, 0.15) is 30.5 Å². The summed E-state index contributed by atoms with van der Waals surface area (Å²) in [4.78, 5) is 2.31. The van der Waals surface area contributed by atoms with Crippen LogP contribution >= 0.6 is 0 Å². The summed E-state index contributed by atoms with van der Waals surface area (Å²) in [5, 5.41) is 3.60. The highest BCUT2D eigenvalue weighted by molar-refractivity contribution is 5.60. The van der Waals surface area contributed by atoms with Crippen LogP contribution in [0.25, 0.3) is 0 Å². The third kappa shape index (κ3) is 3.00. The lowest BCUT2D eigenvalue weighted by atomic mass is 10.0. The molecule has 22 heavy (non-hydrogen) atoms. The maximum atomic E-state index is 14.1. The third-order valence-electron chi connectivity index (χ3n) is 4.30. The maximum absolute atomic E-state index is 14.1. The van der Waals surface area contributed by atoms with Crippen molar-refractivity contribution in [1.29, 1.82) is 0 Å². The predicted molar refractivity (Wildman–Crippen MR) is 89.5 cm³/mol. The molecular weight excluding hydrogens is 275 g/mol. The topological polar surface area (TPSA) is 15.3 Å². The first-order valence-electron chi connectivity index (χ1n) is 7.78. The van der Waals surface area contributed by atoms with Crippen molar-refractivity contribution in [3.63, 3.8) is 0 Å². The summed E-state index contributed by atoms with van der Waals surface area (Å²) in [5.74, 6) is -0.132. The number of aryl methyl sites for hydroxylation is 1. The number of para-hydroxylation sites is 1. The Labute approximate surface area is 132 Å². The molecule has 0 bridgehead atoms. The molecule has 2 aromatic carbocycles. The van der Waals surface area contributed by atoms with Gasteiger partial charge in [-0.15, -0.1) is 0 Å². The van der Waals surface area contributed by atoms with E-state index in [4.69, 9.17) is 0 Å². The van der Waals surface area contributed by atoms with Crippen molar-refractivity contribution in [3.05, 3.63) is 65.0 Å². The zero-order valence-electron chi connectivity index (χ0n) is 13.5. The van der Waals surface area contributed by atoms with E-state index in [9.17, 15) is 4.39 Å². The molecule has 0 aromatic heterocycles. The Morgan fingerprint density at radius 3 is 2.68 bits per heavy atom. The van der Waals surface area contributed by atoms with E-state index in [0.717, 1.165) is 18.7 Å². The highest BCUT2D eigenvalue weighted by Gasteiger charge is 2.28. The van der Waals surface area contributed by atoms with Crippen LogP contribution in [0.15, 0.2) is 42.5 Å². The van der Waals surface area contributed by atoms with Crippen molar-refractivity contribution >= 4 is 5.69 Å². The van der Waals surface area contributed by atoms with Crippen molar-refractivity contribution < 1.29 is 4.39 Å². The number of hydrogen-bond acceptors (Lipinski definition) is 2. The predicted octanol–water partition coefficient (Wildman–Crippen LogP) is 4.02. The van der Waals surface area contributed by atoms with Gasteiger partial charge in [0, 0.05) is 36.4 Å². The highest BCUT2D eigenvalue weighted by Crippen LogP contribution is 2.31. The first-order valence-corrected chi connectivity index (χ1v) is 7.78. The first kappa shape index (κ1) is 15.0. The van der Waals surface area contributed by atoms with E-state index in [1.807, 2.05) is 12.1 Å². The van der Waals surface area contributed by atoms with Gasteiger partial charge in [-0.05, 0) is 38.0 Å². The van der Waals surface area contributed by atoms with Crippen molar-refractivity contribution in [2.45, 2.75) is 39.4 Å². The molecule has 2 nitrogen and oxygen atoms in total. The fourth-order valence-electron chi connectivity index (χ4n) is 3.23. The van der Waals surface area contributed by atoms with Crippen molar-refractivity contribution in [1.82, 2.24) is 5.32 Å². The summed E-state index contributed by atoms with van der Waals surface area (Å²) in [7, 11) is 0. The Kier molecular flexibility index (Phi) is 3.92. The summed E-state index contributed by atoms with van der Waals surface area (Å²) >= 11 is 0. The molecule has 0 aliphatic carbocycles. The van der Waals surface area contributed by atoms with Gasteiger partial charge in [0.25, 0.3) is 0 Å². The largest absolute Gasteiger partial charge is 0.365 e. The second kappa shape index (κ2) is 5.73. The number of nitrogens with zero attached hydrogens (tertiary/aromatic N) is 1.